The van der Waals surface area contributed by atoms with Crippen molar-refractivity contribution in [3.63, 3.8) is 0 Å². The zero-order valence-corrected chi connectivity index (χ0v) is 15.7. The molecule has 0 spiro atoms. The second-order valence-electron chi connectivity index (χ2n) is 5.99. The zero-order valence-electron chi connectivity index (χ0n) is 14.9. The maximum absolute atomic E-state index is 12.7. The van der Waals surface area contributed by atoms with Gasteiger partial charge in [0.1, 0.15) is 18.2 Å². The number of amides is 1. The van der Waals surface area contributed by atoms with E-state index in [2.05, 4.69) is 22.8 Å². The van der Waals surface area contributed by atoms with Gasteiger partial charge in [-0.1, -0.05) is 42.5 Å². The smallest absolute Gasteiger partial charge is 0.279 e. The van der Waals surface area contributed by atoms with E-state index in [9.17, 15) is 9.59 Å². The zero-order chi connectivity index (χ0) is 19.4. The number of hydrogen-bond donors (Lipinski definition) is 1. The lowest BCUT2D eigenvalue weighted by Crippen LogP contribution is -2.33. The number of nitrogens with zero attached hydrogens (tertiary/aromatic N) is 2. The van der Waals surface area contributed by atoms with Gasteiger partial charge in [-0.3, -0.25) is 9.59 Å². The first kappa shape index (κ1) is 18.8. The van der Waals surface area contributed by atoms with Crippen molar-refractivity contribution in [2.24, 2.45) is 7.05 Å². The molecule has 1 aromatic heterocycles. The molecule has 27 heavy (non-hydrogen) atoms. The third-order valence-electron chi connectivity index (χ3n) is 4.24. The standard InChI is InChI=1S/C20H19N3O3S/c1-4-10-26-14-8-6-13(7-9-14)15-12-16(24)21-18-17(15)19(25)22-20(23(18)3)27-11-5-2/h2,4,6-9,15H,1,10-12H2,3H3,(H,21,24). The number of thioether (sulfide) groups is 1. The fourth-order valence-corrected chi connectivity index (χ4v) is 3.65. The van der Waals surface area contributed by atoms with Crippen LogP contribution in [0, 0.1) is 12.3 Å². The SMILES string of the molecule is C#CCSc1nc(=O)c2c(n1C)NC(=O)CC2c1ccc(OCC=C)cc1. The average molecular weight is 381 g/mol. The molecule has 1 unspecified atom stereocenters. The normalized spacial score (nSPS) is 15.4. The summed E-state index contributed by atoms with van der Waals surface area (Å²) in [6, 6.07) is 7.37. The Balaban J connectivity index is 2.02. The number of carbonyl (C=O) groups excluding carboxylic acids is 1. The molecule has 1 amide bonds. The largest absolute Gasteiger partial charge is 0.490 e. The van der Waals surface area contributed by atoms with Crippen LogP contribution < -0.4 is 15.6 Å². The van der Waals surface area contributed by atoms with E-state index in [1.807, 2.05) is 24.3 Å². The number of rotatable bonds is 6. The minimum Gasteiger partial charge on any atom is -0.490 e. The fraction of sp³-hybridized carbons (Fsp3) is 0.250. The highest BCUT2D eigenvalue weighted by molar-refractivity contribution is 7.99. The van der Waals surface area contributed by atoms with Gasteiger partial charge in [0.05, 0.1) is 11.3 Å². The summed E-state index contributed by atoms with van der Waals surface area (Å²) in [5.74, 6) is 3.57. The van der Waals surface area contributed by atoms with Crippen molar-refractivity contribution in [1.29, 1.82) is 0 Å². The molecule has 0 radical (unpaired) electrons. The Labute approximate surface area is 161 Å². The number of anilines is 1. The molecule has 0 fully saturated rings. The topological polar surface area (TPSA) is 73.2 Å². The Morgan fingerprint density at radius 3 is 2.85 bits per heavy atom. The van der Waals surface area contributed by atoms with Crippen LogP contribution in [0.15, 0.2) is 46.9 Å². The quantitative estimate of drug-likeness (QED) is 0.360. The lowest BCUT2D eigenvalue weighted by molar-refractivity contribution is -0.116. The Bertz CT molecular complexity index is 974. The molecule has 138 valence electrons. The molecule has 0 aliphatic carbocycles. The second-order valence-corrected chi connectivity index (χ2v) is 6.93. The molecule has 1 aromatic carbocycles. The summed E-state index contributed by atoms with van der Waals surface area (Å²) in [5, 5.41) is 3.29. The molecular formula is C20H19N3O3S. The number of carbonyl (C=O) groups is 1. The Morgan fingerprint density at radius 2 is 2.19 bits per heavy atom. The van der Waals surface area contributed by atoms with Gasteiger partial charge in [0.2, 0.25) is 5.91 Å². The Kier molecular flexibility index (Phi) is 5.67. The van der Waals surface area contributed by atoms with E-state index in [-0.39, 0.29) is 23.8 Å². The number of fused-ring (bicyclic) bond motifs is 1. The van der Waals surface area contributed by atoms with E-state index in [1.54, 1.807) is 17.7 Å². The van der Waals surface area contributed by atoms with Gasteiger partial charge in [0.15, 0.2) is 5.16 Å². The number of nitrogens with one attached hydrogen (secondary N) is 1. The summed E-state index contributed by atoms with van der Waals surface area (Å²) in [7, 11) is 1.76. The molecule has 1 atom stereocenters. The first-order valence-electron chi connectivity index (χ1n) is 8.35. The molecule has 1 N–H and O–H groups in total. The number of aromatic nitrogens is 2. The van der Waals surface area contributed by atoms with Crippen LogP contribution in [0.2, 0.25) is 0 Å². The molecule has 2 heterocycles. The van der Waals surface area contributed by atoms with Crippen molar-refractivity contribution in [3.05, 3.63) is 58.4 Å². The molecule has 1 aliphatic rings. The van der Waals surface area contributed by atoms with Crippen LogP contribution in [-0.2, 0) is 11.8 Å². The summed E-state index contributed by atoms with van der Waals surface area (Å²) in [6.07, 6.45) is 7.15. The van der Waals surface area contributed by atoms with E-state index < -0.39 is 0 Å². The lowest BCUT2D eigenvalue weighted by atomic mass is 9.87. The lowest BCUT2D eigenvalue weighted by Gasteiger charge is -2.27. The van der Waals surface area contributed by atoms with Gasteiger partial charge in [-0.2, -0.15) is 4.98 Å². The fourth-order valence-electron chi connectivity index (χ4n) is 3.01. The summed E-state index contributed by atoms with van der Waals surface area (Å²) < 4.78 is 7.20. The third-order valence-corrected chi connectivity index (χ3v) is 5.17. The monoisotopic (exact) mass is 381 g/mol. The third kappa shape index (κ3) is 3.91. The van der Waals surface area contributed by atoms with Crippen LogP contribution in [0.4, 0.5) is 5.82 Å². The Hall–Kier alpha value is -2.98. The van der Waals surface area contributed by atoms with Gasteiger partial charge in [-0.25, -0.2) is 0 Å². The van der Waals surface area contributed by atoms with Crippen LogP contribution in [0.5, 0.6) is 5.75 Å². The summed E-state index contributed by atoms with van der Waals surface area (Å²) in [6.45, 7) is 4.03. The molecule has 6 nitrogen and oxygen atoms in total. The number of benzene rings is 1. The van der Waals surface area contributed by atoms with Crippen molar-refractivity contribution in [2.45, 2.75) is 17.5 Å². The average Bonchev–Trinajstić information content (AvgIpc) is 2.67. The van der Waals surface area contributed by atoms with Crippen LogP contribution in [0.25, 0.3) is 0 Å². The maximum atomic E-state index is 12.7. The van der Waals surface area contributed by atoms with Crippen molar-refractivity contribution in [1.82, 2.24) is 9.55 Å². The molecule has 2 aromatic rings. The molecule has 0 saturated heterocycles. The van der Waals surface area contributed by atoms with E-state index in [0.717, 1.165) is 5.56 Å². The number of terminal acetylenes is 1. The first-order chi connectivity index (χ1) is 13.0. The van der Waals surface area contributed by atoms with Crippen molar-refractivity contribution in [3.8, 4) is 18.1 Å². The van der Waals surface area contributed by atoms with Gasteiger partial charge in [0.25, 0.3) is 5.56 Å². The van der Waals surface area contributed by atoms with Gasteiger partial charge in [0, 0.05) is 19.4 Å². The minimum absolute atomic E-state index is 0.145. The molecule has 0 bridgehead atoms. The van der Waals surface area contributed by atoms with Gasteiger partial charge < -0.3 is 14.6 Å². The van der Waals surface area contributed by atoms with Gasteiger partial charge in [-0.05, 0) is 17.7 Å². The number of hydrogen-bond acceptors (Lipinski definition) is 5. The first-order valence-corrected chi connectivity index (χ1v) is 9.34. The number of ether oxygens (including phenoxy) is 1. The maximum Gasteiger partial charge on any atom is 0.279 e. The summed E-state index contributed by atoms with van der Waals surface area (Å²) in [4.78, 5) is 29.2. The van der Waals surface area contributed by atoms with Crippen molar-refractivity contribution < 1.29 is 9.53 Å². The molecule has 3 rings (SSSR count). The second kappa shape index (κ2) is 8.14. The van der Waals surface area contributed by atoms with E-state index in [1.165, 1.54) is 11.8 Å². The van der Waals surface area contributed by atoms with Gasteiger partial charge in [-0.15, -0.1) is 6.42 Å². The highest BCUT2D eigenvalue weighted by atomic mass is 32.2. The van der Waals surface area contributed by atoms with Crippen LogP contribution in [-0.4, -0.2) is 27.8 Å². The summed E-state index contributed by atoms with van der Waals surface area (Å²) >= 11 is 1.28. The molecular weight excluding hydrogens is 362 g/mol. The van der Waals surface area contributed by atoms with E-state index in [4.69, 9.17) is 11.2 Å². The Morgan fingerprint density at radius 1 is 1.44 bits per heavy atom. The predicted octanol–water partition coefficient (Wildman–Crippen LogP) is 2.54. The molecule has 1 aliphatic heterocycles. The van der Waals surface area contributed by atoms with Crippen LogP contribution >= 0.6 is 11.8 Å². The van der Waals surface area contributed by atoms with Crippen LogP contribution in [0.1, 0.15) is 23.5 Å². The van der Waals surface area contributed by atoms with Crippen molar-refractivity contribution >= 4 is 23.5 Å². The van der Waals surface area contributed by atoms with Crippen molar-refractivity contribution in [2.75, 3.05) is 17.7 Å². The molecule has 7 heteroatoms. The predicted molar refractivity (Wildman–Crippen MR) is 106 cm³/mol. The summed E-state index contributed by atoms with van der Waals surface area (Å²) in [5.41, 5.74) is 1.00. The van der Waals surface area contributed by atoms with E-state index >= 15 is 0 Å². The highest BCUT2D eigenvalue weighted by Crippen LogP contribution is 2.36. The van der Waals surface area contributed by atoms with Crippen LogP contribution in [0.3, 0.4) is 0 Å². The molecule has 0 saturated carbocycles. The van der Waals surface area contributed by atoms with Gasteiger partial charge >= 0.3 is 0 Å². The highest BCUT2D eigenvalue weighted by Gasteiger charge is 2.32. The minimum atomic E-state index is -0.361. The van der Waals surface area contributed by atoms with E-state index in [0.29, 0.717) is 34.6 Å².